The first-order valence-electron chi connectivity index (χ1n) is 9.89. The zero-order valence-electron chi connectivity index (χ0n) is 18.3. The van der Waals surface area contributed by atoms with E-state index < -0.39 is 5.97 Å². The molecule has 0 radical (unpaired) electrons. The molecule has 7 heteroatoms. The number of carbonyl (C=O) groups excluding carboxylic acids is 2. The van der Waals surface area contributed by atoms with E-state index in [9.17, 15) is 9.59 Å². The molecule has 0 aliphatic carbocycles. The van der Waals surface area contributed by atoms with Gasteiger partial charge < -0.3 is 18.8 Å². The third-order valence-electron chi connectivity index (χ3n) is 5.00. The third-order valence-corrected chi connectivity index (χ3v) is 5.53. The van der Waals surface area contributed by atoms with E-state index >= 15 is 0 Å². The van der Waals surface area contributed by atoms with Crippen LogP contribution in [0.1, 0.15) is 27.3 Å². The van der Waals surface area contributed by atoms with Crippen molar-refractivity contribution in [3.05, 3.63) is 81.6 Å². The molecule has 6 nitrogen and oxygen atoms in total. The Kier molecular flexibility index (Phi) is 7.53. The van der Waals surface area contributed by atoms with Crippen LogP contribution in [-0.4, -0.2) is 37.1 Å². The van der Waals surface area contributed by atoms with Gasteiger partial charge in [0.05, 0.1) is 14.2 Å². The van der Waals surface area contributed by atoms with E-state index in [1.165, 1.54) is 6.08 Å². The van der Waals surface area contributed by atoms with Crippen molar-refractivity contribution < 1.29 is 23.8 Å². The number of benzene rings is 2. The summed E-state index contributed by atoms with van der Waals surface area (Å²) in [5.74, 6) is 0.341. The molecule has 0 spiro atoms. The molecule has 166 valence electrons. The fourth-order valence-corrected chi connectivity index (χ4v) is 3.69. The van der Waals surface area contributed by atoms with Crippen molar-refractivity contribution in [3.8, 4) is 17.2 Å². The van der Waals surface area contributed by atoms with Crippen LogP contribution in [0.2, 0.25) is 0 Å². The van der Waals surface area contributed by atoms with Gasteiger partial charge in [-0.1, -0.05) is 15.9 Å². The van der Waals surface area contributed by atoms with Crippen LogP contribution in [0.3, 0.4) is 0 Å². The van der Waals surface area contributed by atoms with Crippen molar-refractivity contribution in [3.63, 3.8) is 0 Å². The van der Waals surface area contributed by atoms with Gasteiger partial charge in [-0.25, -0.2) is 4.79 Å². The van der Waals surface area contributed by atoms with Crippen molar-refractivity contribution in [1.82, 2.24) is 4.57 Å². The van der Waals surface area contributed by atoms with Gasteiger partial charge >= 0.3 is 5.97 Å². The Morgan fingerprint density at radius 3 is 2.38 bits per heavy atom. The first-order valence-corrected chi connectivity index (χ1v) is 10.7. The van der Waals surface area contributed by atoms with Crippen molar-refractivity contribution in [2.45, 2.75) is 13.8 Å². The predicted molar refractivity (Wildman–Crippen MR) is 127 cm³/mol. The third kappa shape index (κ3) is 5.29. The zero-order chi connectivity index (χ0) is 23.3. The van der Waals surface area contributed by atoms with Crippen LogP contribution in [0, 0.1) is 13.8 Å². The van der Waals surface area contributed by atoms with Gasteiger partial charge in [-0.15, -0.1) is 0 Å². The maximum Gasteiger partial charge on any atom is 0.331 e. The molecular formula is C25H24BrNO5. The Bertz CT molecular complexity index is 1160. The quantitative estimate of drug-likeness (QED) is 0.239. The predicted octanol–water partition coefficient (Wildman–Crippen LogP) is 5.31. The van der Waals surface area contributed by atoms with Crippen LogP contribution < -0.4 is 9.47 Å². The molecule has 0 atom stereocenters. The summed E-state index contributed by atoms with van der Waals surface area (Å²) >= 11 is 3.43. The second kappa shape index (κ2) is 10.3. The Hall–Kier alpha value is -3.32. The second-order valence-electron chi connectivity index (χ2n) is 7.07. The molecule has 1 heterocycles. The van der Waals surface area contributed by atoms with Gasteiger partial charge in [0.25, 0.3) is 0 Å². The highest BCUT2D eigenvalue weighted by molar-refractivity contribution is 9.10. The van der Waals surface area contributed by atoms with Crippen molar-refractivity contribution >= 4 is 33.8 Å². The number of aryl methyl sites for hydroxylation is 1. The van der Waals surface area contributed by atoms with Gasteiger partial charge in [0.1, 0.15) is 11.5 Å². The molecule has 0 saturated carbocycles. The summed E-state index contributed by atoms with van der Waals surface area (Å²) in [5, 5.41) is 0. The number of ketones is 1. The lowest BCUT2D eigenvalue weighted by atomic mass is 10.1. The Labute approximate surface area is 195 Å². The molecular weight excluding hydrogens is 474 g/mol. The summed E-state index contributed by atoms with van der Waals surface area (Å²) in [6, 6.07) is 14.9. The molecule has 0 saturated heterocycles. The summed E-state index contributed by atoms with van der Waals surface area (Å²) in [6.45, 7) is 3.46. The van der Waals surface area contributed by atoms with Crippen molar-refractivity contribution in [1.29, 1.82) is 0 Å². The molecule has 3 rings (SSSR count). The highest BCUT2D eigenvalue weighted by Crippen LogP contribution is 2.25. The van der Waals surface area contributed by atoms with Crippen LogP contribution in [-0.2, 0) is 9.53 Å². The number of aromatic nitrogens is 1. The topological polar surface area (TPSA) is 66.8 Å². The fraction of sp³-hybridized carbons (Fsp3) is 0.200. The normalized spacial score (nSPS) is 10.9. The number of Topliss-reactive ketones (excluding diaryl/α,β-unsaturated/α-hetero) is 1. The lowest BCUT2D eigenvalue weighted by molar-refractivity contribution is -0.136. The number of nitrogens with zero attached hydrogens (tertiary/aromatic N) is 1. The van der Waals surface area contributed by atoms with E-state index in [2.05, 4.69) is 15.9 Å². The maximum absolute atomic E-state index is 12.7. The summed E-state index contributed by atoms with van der Waals surface area (Å²) in [4.78, 5) is 24.9. The molecule has 0 aliphatic heterocycles. The number of hydrogen-bond donors (Lipinski definition) is 0. The zero-order valence-corrected chi connectivity index (χ0v) is 19.9. The summed E-state index contributed by atoms with van der Waals surface area (Å²) in [7, 11) is 3.10. The van der Waals surface area contributed by atoms with Crippen LogP contribution in [0.25, 0.3) is 11.8 Å². The largest absolute Gasteiger partial charge is 0.497 e. The van der Waals surface area contributed by atoms with E-state index in [4.69, 9.17) is 14.2 Å². The number of esters is 1. The van der Waals surface area contributed by atoms with Crippen LogP contribution in [0.4, 0.5) is 0 Å². The van der Waals surface area contributed by atoms with Gasteiger partial charge in [0, 0.05) is 38.8 Å². The summed E-state index contributed by atoms with van der Waals surface area (Å²) in [6.07, 6.45) is 2.82. The Morgan fingerprint density at radius 1 is 1.00 bits per heavy atom. The molecule has 0 unspecified atom stereocenters. The molecule has 0 fully saturated rings. The minimum atomic E-state index is -0.620. The number of carbonyl (C=O) groups is 2. The van der Waals surface area contributed by atoms with E-state index in [-0.39, 0.29) is 12.4 Å². The van der Waals surface area contributed by atoms with Crippen LogP contribution in [0.5, 0.6) is 11.5 Å². The minimum absolute atomic E-state index is 0.262. The molecule has 1 aromatic heterocycles. The molecule has 0 bridgehead atoms. The number of hydrogen-bond acceptors (Lipinski definition) is 5. The van der Waals surface area contributed by atoms with Gasteiger partial charge in [0.2, 0.25) is 5.78 Å². The lowest BCUT2D eigenvalue weighted by Crippen LogP contribution is -2.13. The van der Waals surface area contributed by atoms with E-state index in [0.717, 1.165) is 21.5 Å². The van der Waals surface area contributed by atoms with Gasteiger partial charge in [-0.3, -0.25) is 4.79 Å². The Balaban J connectivity index is 1.69. The van der Waals surface area contributed by atoms with E-state index in [1.807, 2.05) is 48.7 Å². The van der Waals surface area contributed by atoms with Crippen molar-refractivity contribution in [2.24, 2.45) is 0 Å². The highest BCUT2D eigenvalue weighted by Gasteiger charge is 2.18. The second-order valence-corrected chi connectivity index (χ2v) is 7.98. The monoisotopic (exact) mass is 497 g/mol. The molecule has 0 amide bonds. The number of halogens is 1. The lowest BCUT2D eigenvalue weighted by Gasteiger charge is -2.10. The average Bonchev–Trinajstić information content (AvgIpc) is 3.10. The number of rotatable bonds is 8. The maximum atomic E-state index is 12.7. The SMILES string of the molecule is COc1ccc(OC)c(/C=C/C(=O)OCC(=O)c2cc(C)n(-c3ccc(Br)cc3)c2C)c1. The minimum Gasteiger partial charge on any atom is -0.497 e. The van der Waals surface area contributed by atoms with Gasteiger partial charge in [0.15, 0.2) is 6.61 Å². The van der Waals surface area contributed by atoms with E-state index in [1.54, 1.807) is 38.5 Å². The van der Waals surface area contributed by atoms with E-state index in [0.29, 0.717) is 22.6 Å². The number of methoxy groups -OCH3 is 2. The molecule has 2 aromatic carbocycles. The fourth-order valence-electron chi connectivity index (χ4n) is 3.42. The molecule has 0 N–H and O–H groups in total. The molecule has 32 heavy (non-hydrogen) atoms. The first kappa shape index (κ1) is 23.3. The Morgan fingerprint density at radius 2 is 1.72 bits per heavy atom. The van der Waals surface area contributed by atoms with Crippen molar-refractivity contribution in [2.75, 3.05) is 20.8 Å². The smallest absolute Gasteiger partial charge is 0.331 e. The standard InChI is InChI=1S/C25H24BrNO5/c1-16-13-22(17(2)27(16)20-8-6-19(26)7-9-20)23(28)15-32-25(29)12-5-18-14-21(30-3)10-11-24(18)31-4/h5-14H,15H2,1-4H3/b12-5+. The average molecular weight is 498 g/mol. The summed E-state index contributed by atoms with van der Waals surface area (Å²) in [5.41, 5.74) is 3.85. The highest BCUT2D eigenvalue weighted by atomic mass is 79.9. The van der Waals surface area contributed by atoms with Gasteiger partial charge in [-0.2, -0.15) is 0 Å². The molecule has 3 aromatic rings. The first-order chi connectivity index (χ1) is 15.3. The summed E-state index contributed by atoms with van der Waals surface area (Å²) < 4.78 is 18.6. The van der Waals surface area contributed by atoms with Crippen LogP contribution in [0.15, 0.2) is 59.1 Å². The molecule has 0 aliphatic rings. The number of ether oxygens (including phenoxy) is 3. The van der Waals surface area contributed by atoms with Crippen LogP contribution >= 0.6 is 15.9 Å². The van der Waals surface area contributed by atoms with Gasteiger partial charge in [-0.05, 0) is 68.5 Å².